The molecule has 1 atom stereocenters. The number of carbonyl (C=O) groups is 2. The molecule has 1 aromatic carbocycles. The number of carboxylic acids is 1. The van der Waals surface area contributed by atoms with Crippen molar-refractivity contribution in [3.05, 3.63) is 51.5 Å². The van der Waals surface area contributed by atoms with Crippen molar-refractivity contribution in [3.8, 4) is 0 Å². The van der Waals surface area contributed by atoms with Crippen LogP contribution >= 0.6 is 22.6 Å². The highest BCUT2D eigenvalue weighted by Gasteiger charge is 2.15. The van der Waals surface area contributed by atoms with E-state index in [0.29, 0.717) is 5.76 Å². The molecule has 1 heterocycles. The Morgan fingerprint density at radius 2 is 2.10 bits per heavy atom. The Morgan fingerprint density at radius 1 is 1.33 bits per heavy atom. The Hall–Kier alpha value is -2.03. The molecule has 0 spiro atoms. The Morgan fingerprint density at radius 3 is 2.71 bits per heavy atom. The predicted octanol–water partition coefficient (Wildman–Crippen LogP) is 3.47. The Balaban J connectivity index is 2.08. The molecule has 0 bridgehead atoms. The summed E-state index contributed by atoms with van der Waals surface area (Å²) in [4.78, 5) is 23.1. The summed E-state index contributed by atoms with van der Waals surface area (Å²) in [5.41, 5.74) is 0.287. The number of hydrogen-bond donors (Lipinski definition) is 3. The zero-order valence-corrected chi connectivity index (χ0v) is 13.2. The Labute approximate surface area is 134 Å². The number of carboxylic acid groups (broad SMARTS) is 1. The largest absolute Gasteiger partial charge is 0.478 e. The van der Waals surface area contributed by atoms with E-state index in [2.05, 4.69) is 10.6 Å². The van der Waals surface area contributed by atoms with Crippen LogP contribution in [0.25, 0.3) is 0 Å². The smallest absolute Gasteiger partial charge is 0.337 e. The maximum Gasteiger partial charge on any atom is 0.337 e. The molecule has 1 aromatic heterocycles. The van der Waals surface area contributed by atoms with Crippen LogP contribution in [-0.2, 0) is 0 Å². The third-order valence-corrected chi connectivity index (χ3v) is 3.45. The van der Waals surface area contributed by atoms with Gasteiger partial charge in [-0.2, -0.15) is 0 Å². The van der Waals surface area contributed by atoms with Crippen molar-refractivity contribution in [1.29, 1.82) is 0 Å². The molecule has 2 amide bonds. The zero-order valence-electron chi connectivity index (χ0n) is 11.1. The number of aromatic carboxylic acids is 1. The second-order valence-electron chi connectivity index (χ2n) is 4.33. The molecule has 2 aromatic rings. The van der Waals surface area contributed by atoms with E-state index in [-0.39, 0.29) is 17.3 Å². The number of rotatable bonds is 4. The molecular weight excluding hydrogens is 387 g/mol. The van der Waals surface area contributed by atoms with Gasteiger partial charge in [0.15, 0.2) is 0 Å². The van der Waals surface area contributed by atoms with Crippen LogP contribution in [0.15, 0.2) is 41.0 Å². The molecule has 2 rings (SSSR count). The minimum absolute atomic E-state index is 0.0442. The number of benzene rings is 1. The topological polar surface area (TPSA) is 91.6 Å². The first-order chi connectivity index (χ1) is 9.97. The van der Waals surface area contributed by atoms with Crippen LogP contribution in [0.3, 0.4) is 0 Å². The Bertz CT molecular complexity index is 655. The van der Waals surface area contributed by atoms with Crippen LogP contribution in [0, 0.1) is 3.57 Å². The van der Waals surface area contributed by atoms with Gasteiger partial charge >= 0.3 is 12.0 Å². The summed E-state index contributed by atoms with van der Waals surface area (Å²) in [5, 5.41) is 14.4. The number of furan rings is 1. The molecule has 0 saturated heterocycles. The van der Waals surface area contributed by atoms with Crippen molar-refractivity contribution < 1.29 is 19.1 Å². The van der Waals surface area contributed by atoms with Crippen LogP contribution < -0.4 is 10.6 Å². The van der Waals surface area contributed by atoms with E-state index in [1.807, 2.05) is 22.6 Å². The quantitative estimate of drug-likeness (QED) is 0.686. The summed E-state index contributed by atoms with van der Waals surface area (Å²) in [6.45, 7) is 1.77. The number of hydrogen-bond acceptors (Lipinski definition) is 3. The lowest BCUT2D eigenvalue weighted by Crippen LogP contribution is -2.31. The maximum atomic E-state index is 11.9. The lowest BCUT2D eigenvalue weighted by Gasteiger charge is -2.14. The molecule has 7 heteroatoms. The van der Waals surface area contributed by atoms with E-state index in [4.69, 9.17) is 9.52 Å². The molecular formula is C14H13IN2O4. The first-order valence-corrected chi connectivity index (χ1v) is 7.19. The molecule has 110 valence electrons. The van der Waals surface area contributed by atoms with Crippen molar-refractivity contribution in [1.82, 2.24) is 5.32 Å². The predicted molar refractivity (Wildman–Crippen MR) is 85.4 cm³/mol. The zero-order chi connectivity index (χ0) is 15.4. The van der Waals surface area contributed by atoms with Crippen molar-refractivity contribution >= 4 is 40.3 Å². The fourth-order valence-electron chi connectivity index (χ4n) is 1.77. The average Bonchev–Trinajstić information content (AvgIpc) is 2.94. The van der Waals surface area contributed by atoms with Crippen LogP contribution in [0.2, 0.25) is 0 Å². The highest BCUT2D eigenvalue weighted by Crippen LogP contribution is 2.19. The van der Waals surface area contributed by atoms with Crippen LogP contribution in [0.4, 0.5) is 10.5 Å². The molecule has 0 aliphatic heterocycles. The minimum Gasteiger partial charge on any atom is -0.478 e. The molecule has 1 unspecified atom stereocenters. The molecule has 3 N–H and O–H groups in total. The monoisotopic (exact) mass is 400 g/mol. The number of nitrogens with one attached hydrogen (secondary N) is 2. The standard InChI is InChI=1S/C14H13IN2O4/c1-8(12-3-2-6-21-12)16-14(20)17-11-5-4-9(15)7-10(11)13(18)19/h2-8H,1H3,(H,18,19)(H2,16,17,20). The van der Waals surface area contributed by atoms with Gasteiger partial charge in [0.2, 0.25) is 0 Å². The lowest BCUT2D eigenvalue weighted by molar-refractivity contribution is 0.0698. The van der Waals surface area contributed by atoms with Crippen molar-refractivity contribution in [2.75, 3.05) is 5.32 Å². The third-order valence-electron chi connectivity index (χ3n) is 2.78. The second-order valence-corrected chi connectivity index (χ2v) is 5.58. The highest BCUT2D eigenvalue weighted by atomic mass is 127. The van der Waals surface area contributed by atoms with Crippen molar-refractivity contribution in [2.24, 2.45) is 0 Å². The normalized spacial score (nSPS) is 11.7. The molecule has 0 radical (unpaired) electrons. The summed E-state index contributed by atoms with van der Waals surface area (Å²) in [6, 6.07) is 7.43. The lowest BCUT2D eigenvalue weighted by atomic mass is 10.2. The van der Waals surface area contributed by atoms with Crippen LogP contribution in [-0.4, -0.2) is 17.1 Å². The summed E-state index contributed by atoms with van der Waals surface area (Å²) >= 11 is 2.01. The van der Waals surface area contributed by atoms with E-state index in [9.17, 15) is 9.59 Å². The van der Waals surface area contributed by atoms with Gasteiger partial charge in [0, 0.05) is 3.57 Å². The van der Waals surface area contributed by atoms with E-state index < -0.39 is 12.0 Å². The molecule has 0 aliphatic rings. The van der Waals surface area contributed by atoms with Gasteiger partial charge in [-0.05, 0) is 59.8 Å². The first kappa shape index (κ1) is 15.4. The molecule has 0 fully saturated rings. The molecule has 0 aliphatic carbocycles. The van der Waals surface area contributed by atoms with Gasteiger partial charge in [-0.1, -0.05) is 0 Å². The molecule has 6 nitrogen and oxygen atoms in total. The van der Waals surface area contributed by atoms with Crippen molar-refractivity contribution in [3.63, 3.8) is 0 Å². The van der Waals surface area contributed by atoms with Gasteiger partial charge in [-0.3, -0.25) is 0 Å². The number of carbonyl (C=O) groups excluding carboxylic acids is 1. The number of anilines is 1. The minimum atomic E-state index is -1.09. The summed E-state index contributed by atoms with van der Waals surface area (Å²) < 4.78 is 5.96. The maximum absolute atomic E-state index is 11.9. The second kappa shape index (κ2) is 6.61. The summed E-state index contributed by atoms with van der Waals surface area (Å²) in [6.07, 6.45) is 1.52. The summed E-state index contributed by atoms with van der Waals surface area (Å²) in [5.74, 6) is -0.478. The number of halogens is 1. The van der Waals surface area contributed by atoms with Gasteiger partial charge < -0.3 is 20.2 Å². The Kier molecular flexibility index (Phi) is 4.84. The van der Waals surface area contributed by atoms with Gasteiger partial charge in [0.05, 0.1) is 23.6 Å². The third kappa shape index (κ3) is 3.97. The first-order valence-electron chi connectivity index (χ1n) is 6.11. The van der Waals surface area contributed by atoms with E-state index in [1.165, 1.54) is 12.3 Å². The van der Waals surface area contributed by atoms with E-state index >= 15 is 0 Å². The van der Waals surface area contributed by atoms with Gasteiger partial charge in [0.1, 0.15) is 5.76 Å². The van der Waals surface area contributed by atoms with Gasteiger partial charge in [-0.15, -0.1) is 0 Å². The SMILES string of the molecule is CC(NC(=O)Nc1ccc(I)cc1C(=O)O)c1ccco1. The van der Waals surface area contributed by atoms with Crippen LogP contribution in [0.1, 0.15) is 29.1 Å². The fraction of sp³-hybridized carbons (Fsp3) is 0.143. The number of amides is 2. The van der Waals surface area contributed by atoms with E-state index in [0.717, 1.165) is 3.57 Å². The van der Waals surface area contributed by atoms with E-state index in [1.54, 1.807) is 31.2 Å². The molecule has 21 heavy (non-hydrogen) atoms. The average molecular weight is 400 g/mol. The number of urea groups is 1. The summed E-state index contributed by atoms with van der Waals surface area (Å²) in [7, 11) is 0. The van der Waals surface area contributed by atoms with Crippen molar-refractivity contribution in [2.45, 2.75) is 13.0 Å². The van der Waals surface area contributed by atoms with Gasteiger partial charge in [-0.25, -0.2) is 9.59 Å². The fourth-order valence-corrected chi connectivity index (χ4v) is 2.26. The highest BCUT2D eigenvalue weighted by molar-refractivity contribution is 14.1. The molecule has 0 saturated carbocycles. The van der Waals surface area contributed by atoms with Crippen LogP contribution in [0.5, 0.6) is 0 Å². The van der Waals surface area contributed by atoms with Gasteiger partial charge in [0.25, 0.3) is 0 Å².